The van der Waals surface area contributed by atoms with Crippen LogP contribution in [-0.4, -0.2) is 43.6 Å². The van der Waals surface area contributed by atoms with Gasteiger partial charge in [-0.15, -0.1) is 0 Å². The first kappa shape index (κ1) is 14.9. The van der Waals surface area contributed by atoms with Crippen LogP contribution in [0, 0.1) is 0 Å². The van der Waals surface area contributed by atoms with Crippen LogP contribution in [0.25, 0.3) is 0 Å². The average Bonchev–Trinajstić information content (AvgIpc) is 2.31. The average molecular weight is 276 g/mol. The monoisotopic (exact) mass is 276 g/mol. The second-order valence-electron chi connectivity index (χ2n) is 3.43. The van der Waals surface area contributed by atoms with Gasteiger partial charge in [0.2, 0.25) is 0 Å². The van der Waals surface area contributed by atoms with Crippen LogP contribution in [0.1, 0.15) is 0 Å². The van der Waals surface area contributed by atoms with Gasteiger partial charge in [0.05, 0.1) is 0 Å². The Morgan fingerprint density at radius 1 is 0.765 bits per heavy atom. The van der Waals surface area contributed by atoms with Crippen LogP contribution >= 0.6 is 8.25 Å². The standard InChI is InChI=1S/2C6H5.Ca.H3O3P/c2*1-2-4-6-5-3-1;;1-4(2)3/h2*1-5H;;4H,(H2,1,2,3). The molecular weight excluding hydrogens is 263 g/mol. The summed E-state index contributed by atoms with van der Waals surface area (Å²) in [5.41, 5.74) is 0. The van der Waals surface area contributed by atoms with Crippen molar-refractivity contribution in [1.29, 1.82) is 0 Å². The van der Waals surface area contributed by atoms with E-state index in [9.17, 15) is 0 Å². The molecular formula is C12H13CaO3P. The maximum absolute atomic E-state index is 8.74. The van der Waals surface area contributed by atoms with Gasteiger partial charge >= 0.3 is 106 Å². The Morgan fingerprint density at radius 2 is 1.06 bits per heavy atom. The quantitative estimate of drug-likeness (QED) is 0.627. The van der Waals surface area contributed by atoms with Gasteiger partial charge in [0.15, 0.2) is 0 Å². The Kier molecular flexibility index (Phi) is 7.78. The van der Waals surface area contributed by atoms with Crippen LogP contribution in [0.4, 0.5) is 0 Å². The van der Waals surface area contributed by atoms with Gasteiger partial charge in [0.1, 0.15) is 0 Å². The normalized spacial score (nSPS) is 9.12. The Labute approximate surface area is 119 Å². The molecule has 0 aliphatic carbocycles. The van der Waals surface area contributed by atoms with Gasteiger partial charge in [0, 0.05) is 0 Å². The first-order valence-electron chi connectivity index (χ1n) is 5.18. The van der Waals surface area contributed by atoms with E-state index in [2.05, 4.69) is 60.7 Å². The predicted molar refractivity (Wildman–Crippen MR) is 71.3 cm³/mol. The minimum atomic E-state index is -3.13. The van der Waals surface area contributed by atoms with Crippen molar-refractivity contribution >= 4 is 45.4 Å². The van der Waals surface area contributed by atoms with Gasteiger partial charge in [0.25, 0.3) is 0 Å². The number of rotatable bonds is 2. The van der Waals surface area contributed by atoms with Crippen molar-refractivity contribution in [3.63, 3.8) is 0 Å². The van der Waals surface area contributed by atoms with Crippen LogP contribution in [-0.2, 0) is 4.57 Å². The van der Waals surface area contributed by atoms with Crippen molar-refractivity contribution < 1.29 is 14.4 Å². The number of hydrogen-bond donors (Lipinski definition) is 2. The van der Waals surface area contributed by atoms with E-state index in [0.29, 0.717) is 0 Å². The van der Waals surface area contributed by atoms with Crippen molar-refractivity contribution in [2.75, 3.05) is 0 Å². The molecule has 0 amide bonds. The zero-order valence-electron chi connectivity index (χ0n) is 9.28. The summed E-state index contributed by atoms with van der Waals surface area (Å²) < 4.78 is 11.9. The molecule has 86 valence electrons. The summed E-state index contributed by atoms with van der Waals surface area (Å²) in [7, 11) is -3.13. The fourth-order valence-electron chi connectivity index (χ4n) is 1.43. The molecule has 0 radical (unpaired) electrons. The fourth-order valence-corrected chi connectivity index (χ4v) is 3.75. The molecule has 17 heavy (non-hydrogen) atoms. The Balaban J connectivity index is 0.000000317. The van der Waals surface area contributed by atoms with Gasteiger partial charge in [-0.2, -0.15) is 0 Å². The van der Waals surface area contributed by atoms with Gasteiger partial charge in [-0.3, -0.25) is 4.57 Å². The summed E-state index contributed by atoms with van der Waals surface area (Å²) in [5.74, 6) is 0. The van der Waals surface area contributed by atoms with Crippen LogP contribution in [0.15, 0.2) is 60.7 Å². The molecule has 2 N–H and O–H groups in total. The summed E-state index contributed by atoms with van der Waals surface area (Å²) in [6.45, 7) is 0. The summed E-state index contributed by atoms with van der Waals surface area (Å²) in [5, 5.41) is 0. The fraction of sp³-hybridized carbons (Fsp3) is 0. The van der Waals surface area contributed by atoms with E-state index in [0.717, 1.165) is 0 Å². The molecule has 0 saturated carbocycles. The molecule has 0 spiro atoms. The van der Waals surface area contributed by atoms with Crippen molar-refractivity contribution in [3.8, 4) is 0 Å². The third-order valence-corrected chi connectivity index (χ3v) is 4.84. The van der Waals surface area contributed by atoms with Gasteiger partial charge < -0.3 is 9.79 Å². The number of benzene rings is 2. The van der Waals surface area contributed by atoms with E-state index in [1.165, 1.54) is 0 Å². The predicted octanol–water partition coefficient (Wildman–Crippen LogP) is 0.702. The van der Waals surface area contributed by atoms with Crippen LogP contribution < -0.4 is 3.32 Å². The first-order valence-corrected chi connectivity index (χ1v) is 8.69. The third kappa shape index (κ3) is 7.72. The molecule has 2 aromatic rings. The van der Waals surface area contributed by atoms with E-state index >= 15 is 0 Å². The number of hydrogen-bond acceptors (Lipinski definition) is 1. The second kappa shape index (κ2) is 8.87. The molecule has 3 nitrogen and oxygen atoms in total. The van der Waals surface area contributed by atoms with E-state index in [-0.39, 0.29) is 0 Å². The molecule has 0 unspecified atom stereocenters. The Hall–Kier alpha value is -0.150. The summed E-state index contributed by atoms with van der Waals surface area (Å²) in [4.78, 5) is 14.3. The zero-order chi connectivity index (χ0) is 12.5. The van der Waals surface area contributed by atoms with Gasteiger partial charge in [-0.05, 0) is 0 Å². The molecule has 2 rings (SSSR count). The second-order valence-corrected chi connectivity index (χ2v) is 7.10. The van der Waals surface area contributed by atoms with Gasteiger partial charge in [-0.25, -0.2) is 0 Å². The zero-order valence-corrected chi connectivity index (χ0v) is 12.5. The topological polar surface area (TPSA) is 57.5 Å². The van der Waals surface area contributed by atoms with Crippen molar-refractivity contribution in [3.05, 3.63) is 60.7 Å². The van der Waals surface area contributed by atoms with Crippen molar-refractivity contribution in [2.24, 2.45) is 0 Å². The SMILES string of the molecule is O=[PH](O)O.c1cc[c]([Ca][c]2ccccc2)cc1. The minimum absolute atomic E-state index is 0.676. The maximum atomic E-state index is 8.74. The molecule has 0 saturated heterocycles. The summed E-state index contributed by atoms with van der Waals surface area (Å²) >= 11 is -0.676. The molecule has 0 bridgehead atoms. The molecule has 0 aromatic heterocycles. The van der Waals surface area contributed by atoms with E-state index in [4.69, 9.17) is 14.4 Å². The first-order chi connectivity index (χ1) is 8.18. The Bertz CT molecular complexity index is 406. The van der Waals surface area contributed by atoms with Crippen LogP contribution in [0.2, 0.25) is 0 Å². The third-order valence-electron chi connectivity index (χ3n) is 2.09. The van der Waals surface area contributed by atoms with Gasteiger partial charge in [-0.1, -0.05) is 0 Å². The Morgan fingerprint density at radius 3 is 1.35 bits per heavy atom. The van der Waals surface area contributed by atoms with Crippen LogP contribution in [0.5, 0.6) is 0 Å². The molecule has 2 aromatic carbocycles. The molecule has 0 fully saturated rings. The molecule has 0 heterocycles. The summed E-state index contributed by atoms with van der Waals surface area (Å²) in [6.07, 6.45) is 0. The van der Waals surface area contributed by atoms with E-state index in [1.807, 2.05) is 0 Å². The van der Waals surface area contributed by atoms with Crippen LogP contribution in [0.3, 0.4) is 0 Å². The summed E-state index contributed by atoms with van der Waals surface area (Å²) in [6, 6.07) is 21.6. The van der Waals surface area contributed by atoms with E-state index < -0.39 is 42.1 Å². The van der Waals surface area contributed by atoms with Crippen molar-refractivity contribution in [1.82, 2.24) is 0 Å². The molecule has 5 heteroatoms. The van der Waals surface area contributed by atoms with E-state index in [1.54, 1.807) is 3.32 Å². The molecule has 0 aliphatic rings. The molecule has 0 aliphatic heterocycles. The molecule has 0 atom stereocenters. The van der Waals surface area contributed by atoms with Crippen molar-refractivity contribution in [2.45, 2.75) is 0 Å².